The second-order valence-corrected chi connectivity index (χ2v) is 4.97. The van der Waals surface area contributed by atoms with E-state index in [2.05, 4.69) is 5.32 Å². The summed E-state index contributed by atoms with van der Waals surface area (Å²) in [6, 6.07) is 12.8. The highest BCUT2D eigenvalue weighted by molar-refractivity contribution is 6.30. The van der Waals surface area contributed by atoms with E-state index < -0.39 is 18.5 Å². The molecule has 0 bridgehead atoms. The molecule has 1 amide bonds. The maximum atomic E-state index is 11.7. The van der Waals surface area contributed by atoms with E-state index in [0.717, 1.165) is 5.56 Å². The van der Waals surface area contributed by atoms with Gasteiger partial charge in [0.25, 0.3) is 5.91 Å². The third-order valence-corrected chi connectivity index (χ3v) is 3.03. The van der Waals surface area contributed by atoms with Crippen molar-refractivity contribution in [1.29, 1.82) is 0 Å². The van der Waals surface area contributed by atoms with Gasteiger partial charge in [-0.3, -0.25) is 4.79 Å². The standard InChI is InChI=1S/C16H14ClNO4/c17-13-5-1-3-11(7-13)9-18-15(20)10-22-16(21)12-4-2-6-14(19)8-12/h1-8,19H,9-10H2,(H,18,20). The van der Waals surface area contributed by atoms with Crippen LogP contribution in [-0.2, 0) is 16.1 Å². The SMILES string of the molecule is O=C(COC(=O)c1cccc(O)c1)NCc1cccc(Cl)c1. The minimum absolute atomic E-state index is 0.0418. The predicted molar refractivity (Wildman–Crippen MR) is 81.7 cm³/mol. The molecule has 2 rings (SSSR count). The number of esters is 1. The molecule has 114 valence electrons. The zero-order valence-corrected chi connectivity index (χ0v) is 12.3. The molecule has 0 heterocycles. The average molecular weight is 320 g/mol. The summed E-state index contributed by atoms with van der Waals surface area (Å²) < 4.78 is 4.87. The molecule has 2 aromatic rings. The van der Waals surface area contributed by atoms with E-state index in [0.29, 0.717) is 11.6 Å². The lowest BCUT2D eigenvalue weighted by atomic mass is 10.2. The minimum atomic E-state index is -0.672. The van der Waals surface area contributed by atoms with Crippen molar-refractivity contribution in [2.24, 2.45) is 0 Å². The summed E-state index contributed by atoms with van der Waals surface area (Å²) in [5.74, 6) is -1.14. The van der Waals surface area contributed by atoms with E-state index in [-0.39, 0.29) is 11.3 Å². The fourth-order valence-electron chi connectivity index (χ4n) is 1.75. The van der Waals surface area contributed by atoms with E-state index >= 15 is 0 Å². The van der Waals surface area contributed by atoms with Crippen LogP contribution >= 0.6 is 11.6 Å². The van der Waals surface area contributed by atoms with Gasteiger partial charge in [-0.25, -0.2) is 4.79 Å². The van der Waals surface area contributed by atoms with Gasteiger partial charge in [-0.15, -0.1) is 0 Å². The second kappa shape index (κ2) is 7.47. The molecule has 2 N–H and O–H groups in total. The lowest BCUT2D eigenvalue weighted by molar-refractivity contribution is -0.124. The Kier molecular flexibility index (Phi) is 5.38. The molecular weight excluding hydrogens is 306 g/mol. The third-order valence-electron chi connectivity index (χ3n) is 2.79. The van der Waals surface area contributed by atoms with Gasteiger partial charge in [0.2, 0.25) is 0 Å². The summed E-state index contributed by atoms with van der Waals surface area (Å²) in [5.41, 5.74) is 1.03. The van der Waals surface area contributed by atoms with Gasteiger partial charge in [-0.05, 0) is 35.9 Å². The van der Waals surface area contributed by atoms with E-state index in [9.17, 15) is 14.7 Å². The molecule has 6 heteroatoms. The van der Waals surface area contributed by atoms with E-state index in [1.165, 1.54) is 24.3 Å². The minimum Gasteiger partial charge on any atom is -0.508 e. The number of carbonyl (C=O) groups excluding carboxylic acids is 2. The Labute approximate surface area is 132 Å². The molecule has 22 heavy (non-hydrogen) atoms. The molecule has 0 spiro atoms. The van der Waals surface area contributed by atoms with Crippen LogP contribution in [-0.4, -0.2) is 23.6 Å². The summed E-state index contributed by atoms with van der Waals surface area (Å²) in [6.45, 7) is -0.0991. The highest BCUT2D eigenvalue weighted by Crippen LogP contribution is 2.12. The van der Waals surface area contributed by atoms with Crippen molar-refractivity contribution in [2.45, 2.75) is 6.54 Å². The lowest BCUT2D eigenvalue weighted by Gasteiger charge is -2.07. The van der Waals surface area contributed by atoms with Crippen LogP contribution in [0.5, 0.6) is 5.75 Å². The number of rotatable bonds is 5. The maximum absolute atomic E-state index is 11.7. The summed E-state index contributed by atoms with van der Waals surface area (Å²) in [4.78, 5) is 23.3. The largest absolute Gasteiger partial charge is 0.508 e. The first kappa shape index (κ1) is 15.9. The molecular formula is C16H14ClNO4. The van der Waals surface area contributed by atoms with Crippen molar-refractivity contribution in [1.82, 2.24) is 5.32 Å². The number of ether oxygens (including phenoxy) is 1. The van der Waals surface area contributed by atoms with Gasteiger partial charge in [-0.1, -0.05) is 29.8 Å². The molecule has 0 atom stereocenters. The Morgan fingerprint density at radius 3 is 2.64 bits per heavy atom. The summed E-state index contributed by atoms with van der Waals surface area (Å²) in [7, 11) is 0. The van der Waals surface area contributed by atoms with Gasteiger partial charge < -0.3 is 15.2 Å². The van der Waals surface area contributed by atoms with Crippen LogP contribution in [0, 0.1) is 0 Å². The molecule has 2 aromatic carbocycles. The quantitative estimate of drug-likeness (QED) is 0.830. The number of aromatic hydroxyl groups is 1. The van der Waals surface area contributed by atoms with Crippen LogP contribution in [0.4, 0.5) is 0 Å². The maximum Gasteiger partial charge on any atom is 0.338 e. The van der Waals surface area contributed by atoms with Crippen molar-refractivity contribution in [2.75, 3.05) is 6.61 Å². The van der Waals surface area contributed by atoms with Crippen molar-refractivity contribution in [3.8, 4) is 5.75 Å². The first-order chi connectivity index (χ1) is 10.5. The Morgan fingerprint density at radius 1 is 1.14 bits per heavy atom. The van der Waals surface area contributed by atoms with Gasteiger partial charge in [0.05, 0.1) is 5.56 Å². The van der Waals surface area contributed by atoms with Crippen LogP contribution in [0.3, 0.4) is 0 Å². The van der Waals surface area contributed by atoms with Crippen LogP contribution in [0.2, 0.25) is 5.02 Å². The first-order valence-corrected chi connectivity index (χ1v) is 6.89. The molecule has 0 radical (unpaired) electrons. The summed E-state index contributed by atoms with van der Waals surface area (Å²) >= 11 is 5.84. The van der Waals surface area contributed by atoms with Crippen LogP contribution in [0.15, 0.2) is 48.5 Å². The Hall–Kier alpha value is -2.53. The van der Waals surface area contributed by atoms with Gasteiger partial charge in [0.15, 0.2) is 6.61 Å². The Bertz CT molecular complexity index is 687. The fourth-order valence-corrected chi connectivity index (χ4v) is 1.96. The predicted octanol–water partition coefficient (Wildman–Crippen LogP) is 2.52. The van der Waals surface area contributed by atoms with Crippen molar-refractivity contribution in [3.63, 3.8) is 0 Å². The molecule has 0 saturated carbocycles. The van der Waals surface area contributed by atoms with Crippen molar-refractivity contribution >= 4 is 23.5 Å². The number of nitrogens with one attached hydrogen (secondary N) is 1. The average Bonchev–Trinajstić information content (AvgIpc) is 2.50. The molecule has 0 saturated heterocycles. The first-order valence-electron chi connectivity index (χ1n) is 6.52. The van der Waals surface area contributed by atoms with Crippen molar-refractivity contribution in [3.05, 3.63) is 64.7 Å². The van der Waals surface area contributed by atoms with E-state index in [1.807, 2.05) is 6.07 Å². The molecule has 0 aliphatic carbocycles. The molecule has 0 aliphatic heterocycles. The number of amides is 1. The smallest absolute Gasteiger partial charge is 0.338 e. The number of hydrogen-bond donors (Lipinski definition) is 2. The van der Waals surface area contributed by atoms with E-state index in [1.54, 1.807) is 18.2 Å². The van der Waals surface area contributed by atoms with Crippen LogP contribution < -0.4 is 5.32 Å². The third kappa shape index (κ3) is 4.79. The van der Waals surface area contributed by atoms with Gasteiger partial charge in [0.1, 0.15) is 5.75 Å². The van der Waals surface area contributed by atoms with Crippen molar-refractivity contribution < 1.29 is 19.4 Å². The zero-order chi connectivity index (χ0) is 15.9. The monoisotopic (exact) mass is 319 g/mol. The number of halogens is 1. The lowest BCUT2D eigenvalue weighted by Crippen LogP contribution is -2.28. The van der Waals surface area contributed by atoms with Gasteiger partial charge in [0, 0.05) is 11.6 Å². The van der Waals surface area contributed by atoms with Crippen LogP contribution in [0.1, 0.15) is 15.9 Å². The highest BCUT2D eigenvalue weighted by atomic mass is 35.5. The number of benzene rings is 2. The molecule has 0 fully saturated rings. The second-order valence-electron chi connectivity index (χ2n) is 4.53. The molecule has 0 aliphatic rings. The topological polar surface area (TPSA) is 75.6 Å². The number of phenols is 1. The number of hydrogen-bond acceptors (Lipinski definition) is 4. The van der Waals surface area contributed by atoms with Gasteiger partial charge >= 0.3 is 5.97 Å². The number of carbonyl (C=O) groups is 2. The highest BCUT2D eigenvalue weighted by Gasteiger charge is 2.10. The Morgan fingerprint density at radius 2 is 1.91 bits per heavy atom. The molecule has 0 unspecified atom stereocenters. The zero-order valence-electron chi connectivity index (χ0n) is 11.6. The van der Waals surface area contributed by atoms with Gasteiger partial charge in [-0.2, -0.15) is 0 Å². The Balaban J connectivity index is 1.79. The number of phenolic OH excluding ortho intramolecular Hbond substituents is 1. The normalized spacial score (nSPS) is 10.0. The van der Waals surface area contributed by atoms with Crippen LogP contribution in [0.25, 0.3) is 0 Å². The summed E-state index contributed by atoms with van der Waals surface area (Å²) in [6.07, 6.45) is 0. The fraction of sp³-hybridized carbons (Fsp3) is 0.125. The van der Waals surface area contributed by atoms with E-state index in [4.69, 9.17) is 16.3 Å². The molecule has 0 aromatic heterocycles. The summed E-state index contributed by atoms with van der Waals surface area (Å²) in [5, 5.41) is 12.5. The molecule has 5 nitrogen and oxygen atoms in total.